The molecule has 0 radical (unpaired) electrons. The third-order valence-corrected chi connectivity index (χ3v) is 4.88. The summed E-state index contributed by atoms with van der Waals surface area (Å²) < 4.78 is 11.3. The second kappa shape index (κ2) is 6.29. The number of carbonyl (C=O) groups excluding carboxylic acids is 1. The maximum Gasteiger partial charge on any atom is 0.194 e. The summed E-state index contributed by atoms with van der Waals surface area (Å²) >= 11 is 0. The summed E-state index contributed by atoms with van der Waals surface area (Å²) in [5, 5.41) is 0. The first-order valence-electron chi connectivity index (χ1n) is 8.12. The fourth-order valence-electron chi connectivity index (χ4n) is 3.33. The van der Waals surface area contributed by atoms with Gasteiger partial charge in [-0.1, -0.05) is 30.7 Å². The first-order chi connectivity index (χ1) is 10.2. The van der Waals surface area contributed by atoms with Crippen molar-refractivity contribution in [2.24, 2.45) is 0 Å². The van der Waals surface area contributed by atoms with Gasteiger partial charge < -0.3 is 9.47 Å². The third kappa shape index (κ3) is 2.90. The SMILES string of the molecule is CCOC1(C(=O)c2ccc(C3CCC3)cc2)CCOCC1. The molecule has 2 aliphatic rings. The van der Waals surface area contributed by atoms with Crippen LogP contribution in [0.5, 0.6) is 0 Å². The number of Topliss-reactive ketones (excluding diaryl/α,β-unsaturated/α-hetero) is 1. The highest BCUT2D eigenvalue weighted by Gasteiger charge is 2.41. The lowest BCUT2D eigenvalue weighted by Crippen LogP contribution is -2.46. The fraction of sp³-hybridized carbons (Fsp3) is 0.611. The molecule has 0 unspecified atom stereocenters. The smallest absolute Gasteiger partial charge is 0.194 e. The summed E-state index contributed by atoms with van der Waals surface area (Å²) in [5.74, 6) is 0.825. The molecule has 0 atom stereocenters. The molecule has 1 aliphatic heterocycles. The van der Waals surface area contributed by atoms with E-state index in [2.05, 4.69) is 12.1 Å². The molecule has 3 rings (SSSR count). The van der Waals surface area contributed by atoms with E-state index in [1.165, 1.54) is 24.8 Å². The predicted octanol–water partition coefficient (Wildman–Crippen LogP) is 3.72. The van der Waals surface area contributed by atoms with Gasteiger partial charge in [0.1, 0.15) is 5.60 Å². The van der Waals surface area contributed by atoms with Crippen LogP contribution in [-0.2, 0) is 9.47 Å². The van der Waals surface area contributed by atoms with Crippen LogP contribution in [0.3, 0.4) is 0 Å². The molecule has 1 saturated carbocycles. The Morgan fingerprint density at radius 3 is 2.43 bits per heavy atom. The van der Waals surface area contributed by atoms with Crippen molar-refractivity contribution in [3.63, 3.8) is 0 Å². The van der Waals surface area contributed by atoms with E-state index in [1.807, 2.05) is 19.1 Å². The topological polar surface area (TPSA) is 35.5 Å². The van der Waals surface area contributed by atoms with Crippen LogP contribution in [-0.4, -0.2) is 31.2 Å². The predicted molar refractivity (Wildman–Crippen MR) is 81.8 cm³/mol. The zero-order valence-corrected chi connectivity index (χ0v) is 12.8. The molecule has 0 spiro atoms. The van der Waals surface area contributed by atoms with E-state index in [1.54, 1.807) is 0 Å². The van der Waals surface area contributed by atoms with Gasteiger partial charge in [-0.25, -0.2) is 0 Å². The van der Waals surface area contributed by atoms with Gasteiger partial charge in [-0.2, -0.15) is 0 Å². The zero-order chi connectivity index (χ0) is 14.7. The first kappa shape index (κ1) is 14.7. The molecule has 0 N–H and O–H groups in total. The Bertz CT molecular complexity index is 476. The van der Waals surface area contributed by atoms with Crippen LogP contribution >= 0.6 is 0 Å². The minimum absolute atomic E-state index is 0.118. The van der Waals surface area contributed by atoms with Crippen molar-refractivity contribution in [1.82, 2.24) is 0 Å². The molecule has 1 heterocycles. The molecule has 21 heavy (non-hydrogen) atoms. The summed E-state index contributed by atoms with van der Waals surface area (Å²) in [6.45, 7) is 3.72. The molecule has 0 aromatic heterocycles. The van der Waals surface area contributed by atoms with E-state index < -0.39 is 5.60 Å². The molecular formula is C18H24O3. The first-order valence-corrected chi connectivity index (χ1v) is 8.12. The molecule has 0 bridgehead atoms. The minimum Gasteiger partial charge on any atom is -0.381 e. The molecule has 1 saturated heterocycles. The average molecular weight is 288 g/mol. The second-order valence-corrected chi connectivity index (χ2v) is 6.12. The quantitative estimate of drug-likeness (QED) is 0.775. The largest absolute Gasteiger partial charge is 0.381 e. The van der Waals surface area contributed by atoms with E-state index in [4.69, 9.17) is 9.47 Å². The monoisotopic (exact) mass is 288 g/mol. The Morgan fingerprint density at radius 1 is 1.24 bits per heavy atom. The number of hydrogen-bond acceptors (Lipinski definition) is 3. The van der Waals surface area contributed by atoms with Crippen LogP contribution in [0.1, 0.15) is 60.9 Å². The number of ether oxygens (including phenoxy) is 2. The number of hydrogen-bond donors (Lipinski definition) is 0. The van der Waals surface area contributed by atoms with Gasteiger partial charge in [0.05, 0.1) is 0 Å². The fourth-order valence-corrected chi connectivity index (χ4v) is 3.33. The lowest BCUT2D eigenvalue weighted by Gasteiger charge is -2.35. The molecule has 3 nitrogen and oxygen atoms in total. The molecule has 1 aliphatic carbocycles. The molecule has 1 aromatic rings. The van der Waals surface area contributed by atoms with E-state index in [-0.39, 0.29) is 5.78 Å². The maximum absolute atomic E-state index is 12.9. The molecule has 0 amide bonds. The second-order valence-electron chi connectivity index (χ2n) is 6.12. The van der Waals surface area contributed by atoms with Gasteiger partial charge in [0.2, 0.25) is 0 Å². The number of carbonyl (C=O) groups is 1. The van der Waals surface area contributed by atoms with Gasteiger partial charge >= 0.3 is 0 Å². The Hall–Kier alpha value is -1.19. The standard InChI is InChI=1S/C18H24O3/c1-2-21-18(10-12-20-13-11-18)17(19)16-8-6-15(7-9-16)14-4-3-5-14/h6-9,14H,2-5,10-13H2,1H3. The van der Waals surface area contributed by atoms with Crippen LogP contribution in [0.15, 0.2) is 24.3 Å². The highest BCUT2D eigenvalue weighted by atomic mass is 16.5. The van der Waals surface area contributed by atoms with E-state index in [0.29, 0.717) is 38.6 Å². The Labute approximate surface area is 126 Å². The highest BCUT2D eigenvalue weighted by molar-refractivity contribution is 6.02. The maximum atomic E-state index is 12.9. The van der Waals surface area contributed by atoms with Crippen LogP contribution in [0.2, 0.25) is 0 Å². The number of benzene rings is 1. The van der Waals surface area contributed by atoms with Crippen molar-refractivity contribution < 1.29 is 14.3 Å². The minimum atomic E-state index is -0.676. The van der Waals surface area contributed by atoms with Crippen LogP contribution in [0.25, 0.3) is 0 Å². The van der Waals surface area contributed by atoms with Crippen molar-refractivity contribution in [2.45, 2.75) is 50.5 Å². The average Bonchev–Trinajstić information content (AvgIpc) is 2.47. The van der Waals surface area contributed by atoms with Gasteiger partial charge in [0.25, 0.3) is 0 Å². The van der Waals surface area contributed by atoms with Crippen LogP contribution in [0.4, 0.5) is 0 Å². The summed E-state index contributed by atoms with van der Waals surface area (Å²) in [6, 6.07) is 8.20. The van der Waals surface area contributed by atoms with E-state index in [0.717, 1.165) is 5.56 Å². The summed E-state index contributed by atoms with van der Waals surface area (Å²) in [6.07, 6.45) is 5.22. The van der Waals surface area contributed by atoms with Crippen molar-refractivity contribution >= 4 is 5.78 Å². The zero-order valence-electron chi connectivity index (χ0n) is 12.8. The Kier molecular flexibility index (Phi) is 4.41. The lowest BCUT2D eigenvalue weighted by atomic mass is 9.79. The summed E-state index contributed by atoms with van der Waals surface area (Å²) in [7, 11) is 0. The van der Waals surface area contributed by atoms with Gasteiger partial charge in [-0.15, -0.1) is 0 Å². The highest BCUT2D eigenvalue weighted by Crippen LogP contribution is 2.37. The Morgan fingerprint density at radius 2 is 1.90 bits per heavy atom. The lowest BCUT2D eigenvalue weighted by molar-refractivity contribution is -0.0822. The van der Waals surface area contributed by atoms with Crippen molar-refractivity contribution in [3.05, 3.63) is 35.4 Å². The molecule has 114 valence electrons. The third-order valence-electron chi connectivity index (χ3n) is 4.88. The summed E-state index contributed by atoms with van der Waals surface area (Å²) in [4.78, 5) is 12.9. The normalized spacial score (nSPS) is 21.8. The van der Waals surface area contributed by atoms with Gasteiger partial charge in [0.15, 0.2) is 5.78 Å². The van der Waals surface area contributed by atoms with E-state index >= 15 is 0 Å². The van der Waals surface area contributed by atoms with Crippen molar-refractivity contribution in [2.75, 3.05) is 19.8 Å². The van der Waals surface area contributed by atoms with Gasteiger partial charge in [-0.05, 0) is 31.2 Å². The van der Waals surface area contributed by atoms with Crippen LogP contribution < -0.4 is 0 Å². The van der Waals surface area contributed by atoms with Crippen molar-refractivity contribution in [3.8, 4) is 0 Å². The molecule has 2 fully saturated rings. The van der Waals surface area contributed by atoms with E-state index in [9.17, 15) is 4.79 Å². The molecular weight excluding hydrogens is 264 g/mol. The molecule has 3 heteroatoms. The number of rotatable bonds is 5. The molecule has 1 aromatic carbocycles. The number of ketones is 1. The van der Waals surface area contributed by atoms with Crippen molar-refractivity contribution in [1.29, 1.82) is 0 Å². The van der Waals surface area contributed by atoms with Crippen LogP contribution in [0, 0.1) is 0 Å². The Balaban J connectivity index is 1.78. The van der Waals surface area contributed by atoms with Gasteiger partial charge in [0, 0.05) is 38.2 Å². The summed E-state index contributed by atoms with van der Waals surface area (Å²) in [5.41, 5.74) is 1.47. The van der Waals surface area contributed by atoms with Gasteiger partial charge in [-0.3, -0.25) is 4.79 Å².